The van der Waals surface area contributed by atoms with Crippen LogP contribution < -0.4 is 4.90 Å². The number of rotatable bonds is 3. The summed E-state index contributed by atoms with van der Waals surface area (Å²) in [5.41, 5.74) is 1.77. The molecule has 0 radical (unpaired) electrons. The second kappa shape index (κ2) is 6.65. The number of hydrogen-bond donors (Lipinski definition) is 1. The maximum absolute atomic E-state index is 14.9. The Labute approximate surface area is 162 Å². The number of benzene rings is 1. The van der Waals surface area contributed by atoms with Gasteiger partial charge in [-0.25, -0.2) is 4.39 Å². The SMILES string of the molecule is CN(c1ccc(-c2cc3nnccc3cc2O)nn1)[C@H]1C[C@@H]2CC[C@@H](C2)[C@H]1F. The van der Waals surface area contributed by atoms with E-state index >= 15 is 0 Å². The average molecular weight is 379 g/mol. The van der Waals surface area contributed by atoms with Crippen LogP contribution in [0.3, 0.4) is 0 Å². The fourth-order valence-corrected chi connectivity index (χ4v) is 4.83. The lowest BCUT2D eigenvalue weighted by atomic mass is 9.83. The second-order valence-corrected chi connectivity index (χ2v) is 8.03. The van der Waals surface area contributed by atoms with Crippen LogP contribution in [0.1, 0.15) is 25.7 Å². The predicted molar refractivity (Wildman–Crippen MR) is 105 cm³/mol. The number of anilines is 1. The molecular formula is C21H22FN5O. The predicted octanol–water partition coefficient (Wildman–Crippen LogP) is 3.76. The van der Waals surface area contributed by atoms with Crippen LogP contribution in [-0.2, 0) is 0 Å². The maximum Gasteiger partial charge on any atom is 0.151 e. The van der Waals surface area contributed by atoms with Gasteiger partial charge in [0.25, 0.3) is 0 Å². The molecule has 2 aliphatic rings. The van der Waals surface area contributed by atoms with Gasteiger partial charge in [-0.05, 0) is 67.9 Å². The first kappa shape index (κ1) is 17.3. The molecule has 2 fully saturated rings. The zero-order valence-electron chi connectivity index (χ0n) is 15.7. The van der Waals surface area contributed by atoms with E-state index in [1.54, 1.807) is 30.5 Å². The first-order chi connectivity index (χ1) is 13.6. The zero-order valence-corrected chi connectivity index (χ0v) is 15.7. The lowest BCUT2D eigenvalue weighted by molar-refractivity contribution is 0.144. The van der Waals surface area contributed by atoms with E-state index in [-0.39, 0.29) is 17.7 Å². The highest BCUT2D eigenvalue weighted by Crippen LogP contribution is 2.45. The van der Waals surface area contributed by atoms with Gasteiger partial charge in [-0.15, -0.1) is 10.2 Å². The largest absolute Gasteiger partial charge is 0.507 e. The molecule has 144 valence electrons. The minimum absolute atomic E-state index is 0.114. The van der Waals surface area contributed by atoms with Crippen molar-refractivity contribution in [2.45, 2.75) is 37.9 Å². The number of halogens is 1. The molecule has 1 N–H and O–H groups in total. The van der Waals surface area contributed by atoms with Gasteiger partial charge in [0, 0.05) is 18.0 Å². The third-order valence-electron chi connectivity index (χ3n) is 6.39. The number of aromatic nitrogens is 4. The van der Waals surface area contributed by atoms with Crippen molar-refractivity contribution in [3.8, 4) is 17.0 Å². The van der Waals surface area contributed by atoms with E-state index in [9.17, 15) is 9.50 Å². The third-order valence-corrected chi connectivity index (χ3v) is 6.39. The molecule has 0 saturated heterocycles. The van der Waals surface area contributed by atoms with Gasteiger partial charge in [-0.2, -0.15) is 10.2 Å². The van der Waals surface area contributed by atoms with Gasteiger partial charge in [-0.1, -0.05) is 0 Å². The number of fused-ring (bicyclic) bond motifs is 3. The molecule has 0 aliphatic heterocycles. The van der Waals surface area contributed by atoms with Crippen molar-refractivity contribution in [2.75, 3.05) is 11.9 Å². The van der Waals surface area contributed by atoms with Crippen LogP contribution in [0.5, 0.6) is 5.75 Å². The number of nitrogens with zero attached hydrogens (tertiary/aromatic N) is 5. The molecule has 3 aromatic rings. The molecule has 6 nitrogen and oxygen atoms in total. The van der Waals surface area contributed by atoms with Gasteiger partial charge in [-0.3, -0.25) is 0 Å². The summed E-state index contributed by atoms with van der Waals surface area (Å²) in [7, 11) is 1.90. The number of aromatic hydroxyl groups is 1. The van der Waals surface area contributed by atoms with Crippen LogP contribution in [0.4, 0.5) is 10.2 Å². The Morgan fingerprint density at radius 2 is 1.96 bits per heavy atom. The first-order valence-corrected chi connectivity index (χ1v) is 9.75. The Balaban J connectivity index is 1.42. The third kappa shape index (κ3) is 2.85. The van der Waals surface area contributed by atoms with E-state index < -0.39 is 6.17 Å². The minimum atomic E-state index is -0.812. The highest BCUT2D eigenvalue weighted by atomic mass is 19.1. The van der Waals surface area contributed by atoms with Gasteiger partial charge in [0.15, 0.2) is 5.82 Å². The van der Waals surface area contributed by atoms with E-state index in [0.717, 1.165) is 31.1 Å². The Kier molecular flexibility index (Phi) is 4.10. The van der Waals surface area contributed by atoms with Crippen molar-refractivity contribution in [2.24, 2.45) is 11.8 Å². The number of alkyl halides is 1. The van der Waals surface area contributed by atoms with E-state index in [4.69, 9.17) is 0 Å². The van der Waals surface area contributed by atoms with Gasteiger partial charge >= 0.3 is 0 Å². The van der Waals surface area contributed by atoms with Crippen LogP contribution in [0, 0.1) is 11.8 Å². The van der Waals surface area contributed by atoms with Crippen molar-refractivity contribution < 1.29 is 9.50 Å². The lowest BCUT2D eigenvalue weighted by Gasteiger charge is -2.38. The first-order valence-electron chi connectivity index (χ1n) is 9.75. The summed E-state index contributed by atoms with van der Waals surface area (Å²) in [6, 6.07) is 8.69. The molecule has 1 aromatic carbocycles. The van der Waals surface area contributed by atoms with Gasteiger partial charge in [0.2, 0.25) is 0 Å². The van der Waals surface area contributed by atoms with Crippen LogP contribution in [0.25, 0.3) is 22.2 Å². The molecule has 28 heavy (non-hydrogen) atoms. The number of phenols is 1. The summed E-state index contributed by atoms with van der Waals surface area (Å²) in [5, 5.41) is 27.7. The average Bonchev–Trinajstić information content (AvgIpc) is 3.13. The van der Waals surface area contributed by atoms with E-state index in [1.807, 2.05) is 18.0 Å². The molecule has 5 rings (SSSR count). The molecule has 2 bridgehead atoms. The Hall–Kier alpha value is -2.83. The molecule has 4 atom stereocenters. The maximum atomic E-state index is 14.9. The van der Waals surface area contributed by atoms with Crippen LogP contribution in [-0.4, -0.2) is 44.8 Å². The molecule has 0 amide bonds. The summed E-state index contributed by atoms with van der Waals surface area (Å²) < 4.78 is 14.9. The summed E-state index contributed by atoms with van der Waals surface area (Å²) >= 11 is 0. The molecule has 2 saturated carbocycles. The van der Waals surface area contributed by atoms with Crippen molar-refractivity contribution in [1.82, 2.24) is 20.4 Å². The molecule has 2 aliphatic carbocycles. The number of hydrogen-bond acceptors (Lipinski definition) is 6. The second-order valence-electron chi connectivity index (χ2n) is 8.03. The molecule has 7 heteroatoms. The normalized spacial score (nSPS) is 26.5. The van der Waals surface area contributed by atoms with Gasteiger partial charge in [0.05, 0.1) is 23.4 Å². The van der Waals surface area contributed by atoms with Crippen molar-refractivity contribution in [3.63, 3.8) is 0 Å². The Morgan fingerprint density at radius 1 is 1.07 bits per heavy atom. The summed E-state index contributed by atoms with van der Waals surface area (Å²) in [6.07, 6.45) is 4.83. The lowest BCUT2D eigenvalue weighted by Crippen LogP contribution is -2.46. The smallest absolute Gasteiger partial charge is 0.151 e. The van der Waals surface area contributed by atoms with Gasteiger partial charge < -0.3 is 10.0 Å². The highest BCUT2D eigenvalue weighted by molar-refractivity contribution is 5.86. The van der Waals surface area contributed by atoms with Crippen molar-refractivity contribution >= 4 is 16.7 Å². The highest BCUT2D eigenvalue weighted by Gasteiger charge is 2.44. The van der Waals surface area contributed by atoms with Crippen molar-refractivity contribution in [1.29, 1.82) is 0 Å². The Morgan fingerprint density at radius 3 is 2.79 bits per heavy atom. The molecule has 2 aromatic heterocycles. The number of phenolic OH excluding ortho intramolecular Hbond substituents is 1. The Bertz CT molecular complexity index is 1010. The molecular weight excluding hydrogens is 357 g/mol. The van der Waals surface area contributed by atoms with Crippen LogP contribution in [0.2, 0.25) is 0 Å². The quantitative estimate of drug-likeness (QED) is 0.747. The van der Waals surface area contributed by atoms with Crippen molar-refractivity contribution in [3.05, 3.63) is 36.5 Å². The molecule has 0 unspecified atom stereocenters. The fraction of sp³-hybridized carbons (Fsp3) is 0.429. The van der Waals surface area contributed by atoms with Crippen LogP contribution >= 0.6 is 0 Å². The standard InChI is InChI=1S/C21H22FN5O/c1-27(18-9-12-2-3-14(8-12)21(18)22)20-5-4-16(25-26-20)15-11-17-13(10-19(15)28)6-7-23-24-17/h4-7,10-12,14,18,21,28H,2-3,8-9H2,1H3/t12-,14+,18+,21-/m1/s1. The van der Waals surface area contributed by atoms with E-state index in [0.29, 0.717) is 28.5 Å². The van der Waals surface area contributed by atoms with Gasteiger partial charge in [0.1, 0.15) is 11.9 Å². The summed E-state index contributed by atoms with van der Waals surface area (Å²) in [4.78, 5) is 1.93. The van der Waals surface area contributed by atoms with E-state index in [2.05, 4.69) is 20.4 Å². The molecule has 2 heterocycles. The monoisotopic (exact) mass is 379 g/mol. The topological polar surface area (TPSA) is 75.0 Å². The zero-order chi connectivity index (χ0) is 19.3. The molecule has 0 spiro atoms. The summed E-state index contributed by atoms with van der Waals surface area (Å²) in [6.45, 7) is 0. The van der Waals surface area contributed by atoms with E-state index in [1.165, 1.54) is 0 Å². The van der Waals surface area contributed by atoms with Crippen LogP contribution in [0.15, 0.2) is 36.5 Å². The minimum Gasteiger partial charge on any atom is -0.507 e. The summed E-state index contributed by atoms with van der Waals surface area (Å²) in [5.74, 6) is 1.59. The fourth-order valence-electron chi connectivity index (χ4n) is 4.83.